The topological polar surface area (TPSA) is 20.3 Å². The van der Waals surface area contributed by atoms with Crippen LogP contribution in [0.2, 0.25) is 0 Å². The molecule has 13 heavy (non-hydrogen) atoms. The van der Waals surface area contributed by atoms with E-state index in [0.717, 1.165) is 0 Å². The lowest BCUT2D eigenvalue weighted by molar-refractivity contribution is -0.141. The van der Waals surface area contributed by atoms with Crippen LogP contribution >= 0.6 is 12.6 Å². The number of hydrogen-bond donors (Lipinski definition) is 1. The number of halogens is 2. The number of amides is 1. The maximum atomic E-state index is 12.8. The van der Waals surface area contributed by atoms with Gasteiger partial charge in [0.1, 0.15) is 0 Å². The van der Waals surface area contributed by atoms with Crippen molar-refractivity contribution in [2.45, 2.75) is 25.2 Å². The van der Waals surface area contributed by atoms with Crippen LogP contribution in [0.3, 0.4) is 0 Å². The number of hydrogen-bond acceptors (Lipinski definition) is 2. The Balaban J connectivity index is 2.47. The lowest BCUT2D eigenvalue weighted by Gasteiger charge is -2.32. The lowest BCUT2D eigenvalue weighted by Crippen LogP contribution is -2.45. The molecule has 0 aliphatic carbocycles. The molecule has 1 saturated heterocycles. The van der Waals surface area contributed by atoms with Crippen molar-refractivity contribution in [3.8, 4) is 0 Å². The number of likely N-dealkylation sites (tertiary alicyclic amines) is 1. The first-order valence-corrected chi connectivity index (χ1v) is 4.95. The van der Waals surface area contributed by atoms with Gasteiger partial charge >= 0.3 is 0 Å². The lowest BCUT2D eigenvalue weighted by atomic mass is 10.1. The summed E-state index contributed by atoms with van der Waals surface area (Å²) in [7, 11) is 0. The van der Waals surface area contributed by atoms with Crippen molar-refractivity contribution in [3.05, 3.63) is 0 Å². The van der Waals surface area contributed by atoms with Crippen molar-refractivity contribution in [1.82, 2.24) is 4.90 Å². The summed E-state index contributed by atoms with van der Waals surface area (Å²) in [5.74, 6) is -2.49. The third-order valence-corrected chi connectivity index (χ3v) is 2.29. The summed E-state index contributed by atoms with van der Waals surface area (Å²) < 4.78 is 25.7. The van der Waals surface area contributed by atoms with Gasteiger partial charge in [0.25, 0.3) is 5.92 Å². The molecule has 0 saturated carbocycles. The quantitative estimate of drug-likeness (QED) is 0.684. The average Bonchev–Trinajstić information content (AvgIpc) is 2.03. The fourth-order valence-corrected chi connectivity index (χ4v) is 1.62. The largest absolute Gasteiger partial charge is 0.337 e. The maximum absolute atomic E-state index is 12.8. The van der Waals surface area contributed by atoms with Crippen LogP contribution in [0, 0.1) is 0 Å². The SMILES string of the molecule is O=C(CCS)N1CCCC(F)(F)C1. The fourth-order valence-electron chi connectivity index (χ4n) is 1.43. The molecular formula is C8H13F2NOS. The fraction of sp³-hybridized carbons (Fsp3) is 0.875. The summed E-state index contributed by atoms with van der Waals surface area (Å²) in [6.45, 7) is 0.0435. The number of thiol groups is 1. The van der Waals surface area contributed by atoms with Gasteiger partial charge in [0.15, 0.2) is 0 Å². The van der Waals surface area contributed by atoms with Gasteiger partial charge in [0, 0.05) is 19.4 Å². The zero-order valence-corrected chi connectivity index (χ0v) is 8.20. The Bertz CT molecular complexity index is 199. The van der Waals surface area contributed by atoms with Crippen molar-refractivity contribution in [3.63, 3.8) is 0 Å². The van der Waals surface area contributed by atoms with Gasteiger partial charge in [-0.15, -0.1) is 0 Å². The minimum Gasteiger partial charge on any atom is -0.337 e. The second-order valence-corrected chi connectivity index (χ2v) is 3.70. The van der Waals surface area contributed by atoms with E-state index in [4.69, 9.17) is 0 Å². The van der Waals surface area contributed by atoms with E-state index in [0.29, 0.717) is 18.7 Å². The van der Waals surface area contributed by atoms with E-state index in [9.17, 15) is 13.6 Å². The minimum absolute atomic E-state index is 0.0995. The molecule has 1 aliphatic heterocycles. The van der Waals surface area contributed by atoms with E-state index >= 15 is 0 Å². The number of rotatable bonds is 2. The standard InChI is InChI=1S/C8H13F2NOS/c9-8(10)3-1-4-11(6-8)7(12)2-5-13/h13H,1-6H2. The highest BCUT2D eigenvalue weighted by molar-refractivity contribution is 7.80. The number of piperidine rings is 1. The summed E-state index contributed by atoms with van der Waals surface area (Å²) in [5.41, 5.74) is 0. The molecule has 0 spiro atoms. The van der Waals surface area contributed by atoms with Gasteiger partial charge in [-0.1, -0.05) is 0 Å². The predicted octanol–water partition coefficient (Wildman–Crippen LogP) is 1.56. The van der Waals surface area contributed by atoms with Crippen LogP contribution in [0.1, 0.15) is 19.3 Å². The molecule has 1 aliphatic rings. The van der Waals surface area contributed by atoms with E-state index in [1.54, 1.807) is 0 Å². The first-order chi connectivity index (χ1) is 6.05. The summed E-state index contributed by atoms with van der Waals surface area (Å²) in [6, 6.07) is 0. The molecule has 0 bridgehead atoms. The highest BCUT2D eigenvalue weighted by Gasteiger charge is 2.36. The molecule has 1 fully saturated rings. The number of carbonyl (C=O) groups excluding carboxylic acids is 1. The van der Waals surface area contributed by atoms with Crippen molar-refractivity contribution in [2.75, 3.05) is 18.8 Å². The highest BCUT2D eigenvalue weighted by Crippen LogP contribution is 2.26. The summed E-state index contributed by atoms with van der Waals surface area (Å²) in [5, 5.41) is 0. The Kier molecular flexibility index (Phi) is 3.53. The molecule has 76 valence electrons. The van der Waals surface area contributed by atoms with Crippen LogP contribution in [-0.4, -0.2) is 35.6 Å². The van der Waals surface area contributed by atoms with Crippen molar-refractivity contribution < 1.29 is 13.6 Å². The van der Waals surface area contributed by atoms with Gasteiger partial charge in [-0.25, -0.2) is 8.78 Å². The maximum Gasteiger partial charge on any atom is 0.265 e. The molecule has 0 atom stereocenters. The number of alkyl halides is 2. The summed E-state index contributed by atoms with van der Waals surface area (Å²) >= 11 is 3.89. The monoisotopic (exact) mass is 209 g/mol. The van der Waals surface area contributed by atoms with Crippen LogP contribution < -0.4 is 0 Å². The normalized spacial score (nSPS) is 21.6. The van der Waals surface area contributed by atoms with Crippen LogP contribution in [0.4, 0.5) is 8.78 Å². The van der Waals surface area contributed by atoms with E-state index in [-0.39, 0.29) is 18.7 Å². The molecule has 0 aromatic heterocycles. The first-order valence-electron chi connectivity index (χ1n) is 4.32. The van der Waals surface area contributed by atoms with Crippen molar-refractivity contribution in [2.24, 2.45) is 0 Å². The smallest absolute Gasteiger partial charge is 0.265 e. The van der Waals surface area contributed by atoms with Gasteiger partial charge in [0.05, 0.1) is 6.54 Å². The Morgan fingerprint density at radius 3 is 2.77 bits per heavy atom. The van der Waals surface area contributed by atoms with Gasteiger partial charge in [-0.05, 0) is 12.2 Å². The van der Waals surface area contributed by atoms with Crippen LogP contribution in [-0.2, 0) is 4.79 Å². The molecule has 2 nitrogen and oxygen atoms in total. The Hall–Kier alpha value is -0.320. The number of nitrogens with zero attached hydrogens (tertiary/aromatic N) is 1. The molecule has 0 N–H and O–H groups in total. The number of carbonyl (C=O) groups is 1. The molecule has 5 heteroatoms. The molecule has 0 aromatic rings. The highest BCUT2D eigenvalue weighted by atomic mass is 32.1. The molecule has 1 amide bonds. The molecule has 1 heterocycles. The average molecular weight is 209 g/mol. The second-order valence-electron chi connectivity index (χ2n) is 3.25. The zero-order valence-electron chi connectivity index (χ0n) is 7.30. The van der Waals surface area contributed by atoms with E-state index in [1.807, 2.05) is 0 Å². The summed E-state index contributed by atoms with van der Waals surface area (Å²) in [6.07, 6.45) is 0.544. The first kappa shape index (κ1) is 10.8. The Labute approximate surface area is 81.7 Å². The molecular weight excluding hydrogens is 196 g/mol. The van der Waals surface area contributed by atoms with Crippen LogP contribution in [0.15, 0.2) is 0 Å². The van der Waals surface area contributed by atoms with E-state index in [2.05, 4.69) is 12.6 Å². The van der Waals surface area contributed by atoms with Crippen LogP contribution in [0.25, 0.3) is 0 Å². The van der Waals surface area contributed by atoms with Gasteiger partial charge in [-0.3, -0.25) is 4.79 Å². The van der Waals surface area contributed by atoms with Gasteiger partial charge < -0.3 is 4.90 Å². The molecule has 0 aromatic carbocycles. The molecule has 1 rings (SSSR count). The van der Waals surface area contributed by atoms with E-state index < -0.39 is 12.5 Å². The molecule has 0 radical (unpaired) electrons. The second kappa shape index (κ2) is 4.26. The van der Waals surface area contributed by atoms with Gasteiger partial charge in [0.2, 0.25) is 5.91 Å². The van der Waals surface area contributed by atoms with Crippen molar-refractivity contribution in [1.29, 1.82) is 0 Å². The van der Waals surface area contributed by atoms with Crippen molar-refractivity contribution >= 4 is 18.5 Å². The Morgan fingerprint density at radius 1 is 1.54 bits per heavy atom. The summed E-state index contributed by atoms with van der Waals surface area (Å²) in [4.78, 5) is 12.5. The Morgan fingerprint density at radius 2 is 2.23 bits per heavy atom. The predicted molar refractivity (Wildman–Crippen MR) is 49.2 cm³/mol. The van der Waals surface area contributed by atoms with Gasteiger partial charge in [-0.2, -0.15) is 12.6 Å². The molecule has 0 unspecified atom stereocenters. The van der Waals surface area contributed by atoms with Crippen LogP contribution in [0.5, 0.6) is 0 Å². The minimum atomic E-state index is -2.69. The van der Waals surface area contributed by atoms with E-state index in [1.165, 1.54) is 4.90 Å². The third-order valence-electron chi connectivity index (χ3n) is 2.07. The third kappa shape index (κ3) is 3.14. The zero-order chi connectivity index (χ0) is 9.90.